The van der Waals surface area contributed by atoms with Crippen molar-refractivity contribution in [2.75, 3.05) is 10.0 Å². The summed E-state index contributed by atoms with van der Waals surface area (Å²) in [4.78, 5) is 24.9. The minimum Gasteiger partial charge on any atom is -0.341 e. The zero-order valence-electron chi connectivity index (χ0n) is 18.0. The number of carbonyl (C=O) groups is 2. The minimum absolute atomic E-state index is 0.165. The van der Waals surface area contributed by atoms with Gasteiger partial charge in [-0.05, 0) is 69.3 Å². The Bertz CT molecular complexity index is 1220. The van der Waals surface area contributed by atoms with Gasteiger partial charge >= 0.3 is 0 Å². The fourth-order valence-corrected chi connectivity index (χ4v) is 3.99. The van der Waals surface area contributed by atoms with E-state index in [2.05, 4.69) is 15.4 Å². The molecule has 0 heterocycles. The lowest BCUT2D eigenvalue weighted by Gasteiger charge is -2.15. The van der Waals surface area contributed by atoms with Gasteiger partial charge in [0.15, 0.2) is 0 Å². The summed E-state index contributed by atoms with van der Waals surface area (Å²) >= 11 is 0. The normalized spacial score (nSPS) is 12.0. The number of aryl methyl sites for hydroxylation is 2. The van der Waals surface area contributed by atoms with Crippen molar-refractivity contribution in [3.05, 3.63) is 89.5 Å². The van der Waals surface area contributed by atoms with Crippen LogP contribution in [-0.2, 0) is 14.8 Å². The number of hydrogen-bond donors (Lipinski definition) is 3. The molecule has 0 saturated carbocycles. The SMILES string of the molecule is Cc1ccc(S(=O)(=O)Nc2ccc(NC(=O)[C@H](C)NC(=O)c3cccc(C)c3)cc2)cc1. The summed E-state index contributed by atoms with van der Waals surface area (Å²) in [5, 5.41) is 5.37. The Morgan fingerprint density at radius 1 is 0.812 bits per heavy atom. The van der Waals surface area contributed by atoms with E-state index in [9.17, 15) is 18.0 Å². The largest absolute Gasteiger partial charge is 0.341 e. The van der Waals surface area contributed by atoms with Crippen LogP contribution in [0, 0.1) is 13.8 Å². The number of rotatable bonds is 7. The van der Waals surface area contributed by atoms with E-state index < -0.39 is 16.1 Å². The number of amides is 2. The average Bonchev–Trinajstić information content (AvgIpc) is 2.75. The van der Waals surface area contributed by atoms with Crippen LogP contribution in [-0.4, -0.2) is 26.3 Å². The molecule has 1 atom stereocenters. The molecule has 3 rings (SSSR count). The summed E-state index contributed by atoms with van der Waals surface area (Å²) in [5.41, 5.74) is 3.24. The zero-order valence-corrected chi connectivity index (χ0v) is 18.9. The molecule has 0 spiro atoms. The first-order valence-corrected chi connectivity index (χ1v) is 11.5. The number of nitrogens with one attached hydrogen (secondary N) is 3. The van der Waals surface area contributed by atoms with E-state index in [1.165, 1.54) is 0 Å². The summed E-state index contributed by atoms with van der Waals surface area (Å²) in [7, 11) is -3.71. The number of carbonyl (C=O) groups excluding carboxylic acids is 2. The molecule has 7 nitrogen and oxygen atoms in total. The van der Waals surface area contributed by atoms with Crippen LogP contribution < -0.4 is 15.4 Å². The van der Waals surface area contributed by atoms with Crippen LogP contribution in [0.5, 0.6) is 0 Å². The number of anilines is 2. The van der Waals surface area contributed by atoms with Crippen LogP contribution >= 0.6 is 0 Å². The van der Waals surface area contributed by atoms with E-state index in [4.69, 9.17) is 0 Å². The Morgan fingerprint density at radius 3 is 2.06 bits per heavy atom. The van der Waals surface area contributed by atoms with Crippen molar-refractivity contribution in [3.8, 4) is 0 Å². The predicted octanol–water partition coefficient (Wildman–Crippen LogP) is 3.86. The van der Waals surface area contributed by atoms with Crippen molar-refractivity contribution in [1.29, 1.82) is 0 Å². The van der Waals surface area contributed by atoms with Crippen molar-refractivity contribution < 1.29 is 18.0 Å². The van der Waals surface area contributed by atoms with Gasteiger partial charge in [-0.2, -0.15) is 0 Å². The number of sulfonamides is 1. The molecule has 0 aliphatic carbocycles. The Balaban J connectivity index is 1.59. The molecule has 0 bridgehead atoms. The summed E-state index contributed by atoms with van der Waals surface area (Å²) in [6.45, 7) is 5.36. The summed E-state index contributed by atoms with van der Waals surface area (Å²) < 4.78 is 27.5. The average molecular weight is 452 g/mol. The van der Waals surface area contributed by atoms with Gasteiger partial charge in [-0.15, -0.1) is 0 Å². The highest BCUT2D eigenvalue weighted by atomic mass is 32.2. The van der Waals surface area contributed by atoms with Gasteiger partial charge in [-0.3, -0.25) is 14.3 Å². The van der Waals surface area contributed by atoms with Crippen molar-refractivity contribution in [1.82, 2.24) is 5.32 Å². The Morgan fingerprint density at radius 2 is 1.44 bits per heavy atom. The number of hydrogen-bond acceptors (Lipinski definition) is 4. The first kappa shape index (κ1) is 23.0. The third-order valence-electron chi connectivity index (χ3n) is 4.76. The fraction of sp³-hybridized carbons (Fsp3) is 0.167. The van der Waals surface area contributed by atoms with Crippen LogP contribution in [0.3, 0.4) is 0 Å². The molecule has 3 N–H and O–H groups in total. The molecule has 32 heavy (non-hydrogen) atoms. The Hall–Kier alpha value is -3.65. The summed E-state index contributed by atoms with van der Waals surface area (Å²) in [5.74, 6) is -0.726. The van der Waals surface area contributed by atoms with Crippen molar-refractivity contribution >= 4 is 33.2 Å². The summed E-state index contributed by atoms with van der Waals surface area (Å²) in [6, 6.07) is 19.1. The highest BCUT2D eigenvalue weighted by Crippen LogP contribution is 2.19. The Kier molecular flexibility index (Phi) is 6.95. The second-order valence-corrected chi connectivity index (χ2v) is 9.23. The molecule has 0 aromatic heterocycles. The molecule has 2 amide bonds. The van der Waals surface area contributed by atoms with Gasteiger partial charge in [0.05, 0.1) is 4.90 Å². The Labute approximate surface area is 187 Å². The molecule has 0 aliphatic heterocycles. The van der Waals surface area contributed by atoms with Crippen LogP contribution in [0.15, 0.2) is 77.7 Å². The molecule has 0 saturated heterocycles. The maximum atomic E-state index is 12.5. The standard InChI is InChI=1S/C24H25N3O4S/c1-16-7-13-22(14-8-16)32(30,31)27-21-11-9-20(10-12-21)26-23(28)18(3)25-24(29)19-6-4-5-17(2)15-19/h4-15,18,27H,1-3H3,(H,25,29)(H,26,28)/t18-/m0/s1. The van der Waals surface area contributed by atoms with Crippen LogP contribution in [0.2, 0.25) is 0 Å². The lowest BCUT2D eigenvalue weighted by molar-refractivity contribution is -0.117. The first-order valence-electron chi connectivity index (χ1n) is 10.0. The van der Waals surface area contributed by atoms with E-state index in [1.54, 1.807) is 73.7 Å². The smallest absolute Gasteiger partial charge is 0.261 e. The maximum Gasteiger partial charge on any atom is 0.261 e. The molecule has 0 unspecified atom stereocenters. The lowest BCUT2D eigenvalue weighted by atomic mass is 10.1. The van der Waals surface area contributed by atoms with Gasteiger partial charge in [0.2, 0.25) is 5.91 Å². The third kappa shape index (κ3) is 5.95. The highest BCUT2D eigenvalue weighted by Gasteiger charge is 2.17. The molecule has 0 fully saturated rings. The minimum atomic E-state index is -3.71. The van der Waals surface area contributed by atoms with Gasteiger partial charge < -0.3 is 10.6 Å². The van der Waals surface area contributed by atoms with E-state index in [-0.39, 0.29) is 16.7 Å². The van der Waals surface area contributed by atoms with E-state index >= 15 is 0 Å². The highest BCUT2D eigenvalue weighted by molar-refractivity contribution is 7.92. The van der Waals surface area contributed by atoms with Gasteiger partial charge in [0.25, 0.3) is 15.9 Å². The molecule has 0 radical (unpaired) electrons. The molecule has 8 heteroatoms. The van der Waals surface area contributed by atoms with Crippen molar-refractivity contribution in [2.24, 2.45) is 0 Å². The second-order valence-electron chi connectivity index (χ2n) is 7.55. The van der Waals surface area contributed by atoms with Crippen LogP contribution in [0.4, 0.5) is 11.4 Å². The molecular weight excluding hydrogens is 426 g/mol. The number of benzene rings is 3. The quantitative estimate of drug-likeness (QED) is 0.507. The van der Waals surface area contributed by atoms with E-state index in [0.29, 0.717) is 16.9 Å². The van der Waals surface area contributed by atoms with Crippen molar-refractivity contribution in [2.45, 2.75) is 31.7 Å². The second kappa shape index (κ2) is 9.65. The predicted molar refractivity (Wildman–Crippen MR) is 125 cm³/mol. The van der Waals surface area contributed by atoms with Crippen LogP contribution in [0.1, 0.15) is 28.4 Å². The molecule has 166 valence electrons. The van der Waals surface area contributed by atoms with Gasteiger partial charge in [0, 0.05) is 16.9 Å². The molecular formula is C24H25N3O4S. The van der Waals surface area contributed by atoms with Crippen molar-refractivity contribution in [3.63, 3.8) is 0 Å². The summed E-state index contributed by atoms with van der Waals surface area (Å²) in [6.07, 6.45) is 0. The van der Waals surface area contributed by atoms with Crippen LogP contribution in [0.25, 0.3) is 0 Å². The first-order chi connectivity index (χ1) is 15.1. The monoisotopic (exact) mass is 451 g/mol. The maximum absolute atomic E-state index is 12.5. The van der Waals surface area contributed by atoms with Gasteiger partial charge in [0.1, 0.15) is 6.04 Å². The molecule has 3 aromatic carbocycles. The zero-order chi connectivity index (χ0) is 23.3. The van der Waals surface area contributed by atoms with Gasteiger partial charge in [-0.1, -0.05) is 35.4 Å². The van der Waals surface area contributed by atoms with E-state index in [0.717, 1.165) is 11.1 Å². The molecule has 0 aliphatic rings. The topological polar surface area (TPSA) is 104 Å². The third-order valence-corrected chi connectivity index (χ3v) is 6.15. The van der Waals surface area contributed by atoms with E-state index in [1.807, 2.05) is 19.9 Å². The lowest BCUT2D eigenvalue weighted by Crippen LogP contribution is -2.41. The fourth-order valence-electron chi connectivity index (χ4n) is 2.94. The van der Waals surface area contributed by atoms with Gasteiger partial charge in [-0.25, -0.2) is 8.42 Å². The molecule has 3 aromatic rings.